The molecular formula is C25H27N7O3. The van der Waals surface area contributed by atoms with Gasteiger partial charge in [0.05, 0.1) is 22.7 Å². The van der Waals surface area contributed by atoms with E-state index >= 15 is 0 Å². The van der Waals surface area contributed by atoms with E-state index in [1.807, 2.05) is 28.8 Å². The second-order valence-electron chi connectivity index (χ2n) is 9.01. The van der Waals surface area contributed by atoms with Gasteiger partial charge in [-0.3, -0.25) is 18.9 Å². The van der Waals surface area contributed by atoms with Crippen LogP contribution in [0.4, 0.5) is 5.82 Å². The van der Waals surface area contributed by atoms with Crippen LogP contribution >= 0.6 is 0 Å². The first-order chi connectivity index (χ1) is 16.8. The third-order valence-corrected chi connectivity index (χ3v) is 6.85. The summed E-state index contributed by atoms with van der Waals surface area (Å²) in [5.41, 5.74) is 10.3. The number of benzene rings is 1. The van der Waals surface area contributed by atoms with Gasteiger partial charge in [-0.25, -0.2) is 9.78 Å². The summed E-state index contributed by atoms with van der Waals surface area (Å²) < 4.78 is 3.44. The van der Waals surface area contributed by atoms with Gasteiger partial charge in [-0.1, -0.05) is 6.07 Å². The molecule has 1 fully saturated rings. The zero-order valence-corrected chi connectivity index (χ0v) is 19.6. The molecule has 0 aliphatic carbocycles. The smallest absolute Gasteiger partial charge is 0.329 e. The van der Waals surface area contributed by atoms with Crippen molar-refractivity contribution in [2.45, 2.75) is 31.9 Å². The van der Waals surface area contributed by atoms with Crippen molar-refractivity contribution >= 4 is 39.9 Å². The van der Waals surface area contributed by atoms with Gasteiger partial charge in [0.1, 0.15) is 11.9 Å². The van der Waals surface area contributed by atoms with Gasteiger partial charge in [0.25, 0.3) is 5.91 Å². The molecule has 5 rings (SSSR count). The molecule has 0 bridgehead atoms. The molecule has 3 aromatic heterocycles. The highest BCUT2D eigenvalue weighted by Crippen LogP contribution is 2.32. The number of likely N-dealkylation sites (tertiary alicyclic amines) is 1. The second kappa shape index (κ2) is 8.62. The van der Waals surface area contributed by atoms with Crippen LogP contribution in [0.5, 0.6) is 0 Å². The summed E-state index contributed by atoms with van der Waals surface area (Å²) in [5, 5.41) is 18.1. The lowest BCUT2D eigenvalue weighted by Crippen LogP contribution is -2.44. The number of aromatic nitrogens is 4. The number of anilines is 1. The van der Waals surface area contributed by atoms with Gasteiger partial charge < -0.3 is 21.1 Å². The van der Waals surface area contributed by atoms with Crippen LogP contribution in [0, 0.1) is 5.41 Å². The maximum Gasteiger partial charge on any atom is 0.329 e. The third kappa shape index (κ3) is 3.75. The minimum Gasteiger partial charge on any atom is -0.384 e. The van der Waals surface area contributed by atoms with Gasteiger partial charge in [-0.05, 0) is 43.5 Å². The molecule has 1 saturated heterocycles. The second-order valence-corrected chi connectivity index (χ2v) is 9.01. The largest absolute Gasteiger partial charge is 0.384 e. The molecule has 4 aromatic rings. The predicted molar refractivity (Wildman–Crippen MR) is 135 cm³/mol. The number of rotatable bonds is 4. The Balaban J connectivity index is 1.63. The predicted octanol–water partition coefficient (Wildman–Crippen LogP) is 2.07. The van der Waals surface area contributed by atoms with Crippen molar-refractivity contribution in [2.75, 3.05) is 18.8 Å². The molecule has 4 heterocycles. The Labute approximate surface area is 201 Å². The van der Waals surface area contributed by atoms with Crippen LogP contribution in [-0.2, 0) is 11.8 Å². The van der Waals surface area contributed by atoms with E-state index in [0.29, 0.717) is 37.3 Å². The standard InChI is InChI=1S/C25H27N7O3/c1-14(33)24(34)31-7-5-18(6-8-31)32-22-19-10-15(17-9-16(11-26)23(27)29-12-17)3-4-20(19)28-13-21(22)30(2)25(32)35/h3-4,9-14,18,26,33H,5-8H2,1-2H3,(H2,27,29)/t14-/m1/s1. The lowest BCUT2D eigenvalue weighted by molar-refractivity contribution is -0.140. The average Bonchev–Trinajstić information content (AvgIpc) is 3.13. The maximum atomic E-state index is 13.4. The monoisotopic (exact) mass is 473 g/mol. The lowest BCUT2D eigenvalue weighted by atomic mass is 10.0. The zero-order chi connectivity index (χ0) is 24.9. The van der Waals surface area contributed by atoms with E-state index in [1.54, 1.807) is 28.9 Å². The number of nitrogens with zero attached hydrogens (tertiary/aromatic N) is 5. The number of amides is 1. The van der Waals surface area contributed by atoms with E-state index in [2.05, 4.69) is 9.97 Å². The minimum atomic E-state index is -1.03. The summed E-state index contributed by atoms with van der Waals surface area (Å²) >= 11 is 0. The molecule has 180 valence electrons. The fourth-order valence-corrected chi connectivity index (χ4v) is 4.92. The Morgan fingerprint density at radius 3 is 2.63 bits per heavy atom. The number of nitrogens with two attached hydrogens (primary N) is 1. The molecule has 0 radical (unpaired) electrons. The number of hydrogen-bond acceptors (Lipinski definition) is 7. The third-order valence-electron chi connectivity index (χ3n) is 6.85. The number of aryl methyl sites for hydroxylation is 1. The number of carbonyl (C=O) groups is 1. The molecule has 0 unspecified atom stereocenters. The van der Waals surface area contributed by atoms with E-state index in [9.17, 15) is 14.7 Å². The van der Waals surface area contributed by atoms with Crippen molar-refractivity contribution in [3.8, 4) is 11.1 Å². The minimum absolute atomic E-state index is 0.0822. The number of aliphatic hydroxyl groups is 1. The summed E-state index contributed by atoms with van der Waals surface area (Å²) in [7, 11) is 1.74. The van der Waals surface area contributed by atoms with Crippen LogP contribution < -0.4 is 11.4 Å². The molecule has 1 aliphatic heterocycles. The van der Waals surface area contributed by atoms with Crippen LogP contribution in [0.15, 0.2) is 41.5 Å². The molecule has 4 N–H and O–H groups in total. The molecule has 1 amide bonds. The number of hydrogen-bond donors (Lipinski definition) is 3. The van der Waals surface area contributed by atoms with Crippen LogP contribution in [0.3, 0.4) is 0 Å². The molecule has 1 aromatic carbocycles. The van der Waals surface area contributed by atoms with E-state index in [4.69, 9.17) is 11.1 Å². The number of fused-ring (bicyclic) bond motifs is 3. The van der Waals surface area contributed by atoms with E-state index in [-0.39, 0.29) is 17.6 Å². The normalized spacial score (nSPS) is 15.6. The molecule has 10 nitrogen and oxygen atoms in total. The van der Waals surface area contributed by atoms with Crippen LogP contribution in [-0.4, -0.2) is 60.4 Å². The Bertz CT molecular complexity index is 1530. The summed E-state index contributed by atoms with van der Waals surface area (Å²) in [6.45, 7) is 2.44. The molecule has 10 heteroatoms. The van der Waals surface area contributed by atoms with Gasteiger partial charge in [0, 0.05) is 55.1 Å². The van der Waals surface area contributed by atoms with Crippen molar-refractivity contribution in [3.63, 3.8) is 0 Å². The Hall–Kier alpha value is -4.05. The first kappa shape index (κ1) is 22.7. The molecule has 1 aliphatic rings. The number of carbonyl (C=O) groups excluding carboxylic acids is 1. The Morgan fingerprint density at radius 2 is 1.94 bits per heavy atom. The van der Waals surface area contributed by atoms with Crippen LogP contribution in [0.1, 0.15) is 31.4 Å². The van der Waals surface area contributed by atoms with Crippen molar-refractivity contribution in [1.29, 1.82) is 5.41 Å². The number of imidazole rings is 1. The van der Waals surface area contributed by atoms with E-state index < -0.39 is 6.10 Å². The molecule has 1 atom stereocenters. The first-order valence-electron chi connectivity index (χ1n) is 11.5. The lowest BCUT2D eigenvalue weighted by Gasteiger charge is -2.33. The Kier molecular flexibility index (Phi) is 5.60. The van der Waals surface area contributed by atoms with Crippen LogP contribution in [0.25, 0.3) is 33.1 Å². The topological polar surface area (TPSA) is 143 Å². The maximum absolute atomic E-state index is 13.4. The van der Waals surface area contributed by atoms with Gasteiger partial charge in [-0.2, -0.15) is 0 Å². The number of nitrogens with one attached hydrogen (secondary N) is 1. The number of aliphatic hydroxyl groups excluding tert-OH is 1. The average molecular weight is 474 g/mol. The van der Waals surface area contributed by atoms with Gasteiger partial charge in [-0.15, -0.1) is 0 Å². The summed E-state index contributed by atoms with van der Waals surface area (Å²) in [5.74, 6) is 0.0142. The highest BCUT2D eigenvalue weighted by Gasteiger charge is 2.29. The molecule has 0 spiro atoms. The Morgan fingerprint density at radius 1 is 1.20 bits per heavy atom. The van der Waals surface area contributed by atoms with Crippen molar-refractivity contribution < 1.29 is 9.90 Å². The van der Waals surface area contributed by atoms with Gasteiger partial charge in [0.15, 0.2) is 0 Å². The van der Waals surface area contributed by atoms with E-state index in [1.165, 1.54) is 13.1 Å². The summed E-state index contributed by atoms with van der Waals surface area (Å²) in [6.07, 6.45) is 4.77. The quantitative estimate of drug-likeness (QED) is 0.387. The first-order valence-corrected chi connectivity index (χ1v) is 11.5. The highest BCUT2D eigenvalue weighted by molar-refractivity contribution is 6.04. The van der Waals surface area contributed by atoms with Gasteiger partial charge >= 0.3 is 5.69 Å². The fourth-order valence-electron chi connectivity index (χ4n) is 4.92. The molecule has 0 saturated carbocycles. The van der Waals surface area contributed by atoms with Crippen LogP contribution in [0.2, 0.25) is 0 Å². The van der Waals surface area contributed by atoms with Crippen molar-refractivity contribution in [1.82, 2.24) is 24.0 Å². The number of nitrogen functional groups attached to an aromatic ring is 1. The van der Waals surface area contributed by atoms with Crippen molar-refractivity contribution in [3.05, 3.63) is 52.7 Å². The molecule has 35 heavy (non-hydrogen) atoms. The zero-order valence-electron chi connectivity index (χ0n) is 19.6. The fraction of sp³-hybridized carbons (Fsp3) is 0.320. The summed E-state index contributed by atoms with van der Waals surface area (Å²) in [6, 6.07) is 7.58. The number of pyridine rings is 2. The molecular weight excluding hydrogens is 446 g/mol. The summed E-state index contributed by atoms with van der Waals surface area (Å²) in [4.78, 5) is 36.0. The highest BCUT2D eigenvalue weighted by atomic mass is 16.3. The van der Waals surface area contributed by atoms with Crippen molar-refractivity contribution in [2.24, 2.45) is 7.05 Å². The SMILES string of the molecule is C[C@@H](O)C(=O)N1CCC(n2c(=O)n(C)c3cnc4ccc(-c5cnc(N)c(C=N)c5)cc4c32)CC1. The van der Waals surface area contributed by atoms with E-state index in [0.717, 1.165) is 33.1 Å². The number of piperidine rings is 1. The van der Waals surface area contributed by atoms with Gasteiger partial charge in [0.2, 0.25) is 0 Å².